The van der Waals surface area contributed by atoms with E-state index < -0.39 is 5.60 Å². The van der Waals surface area contributed by atoms with Crippen molar-refractivity contribution in [2.75, 3.05) is 14.2 Å². The van der Waals surface area contributed by atoms with E-state index >= 15 is 0 Å². The minimum Gasteiger partial charge on any atom is -0.469 e. The molecule has 1 fully saturated rings. The van der Waals surface area contributed by atoms with Crippen molar-refractivity contribution in [1.29, 1.82) is 0 Å². The van der Waals surface area contributed by atoms with Crippen molar-refractivity contribution in [3.8, 4) is 0 Å². The molecule has 0 amide bonds. The number of rotatable bonds is 3. The van der Waals surface area contributed by atoms with E-state index in [0.29, 0.717) is 6.42 Å². The summed E-state index contributed by atoms with van der Waals surface area (Å²) in [7, 11) is 3.03. The molecule has 0 N–H and O–H groups in total. The summed E-state index contributed by atoms with van der Waals surface area (Å²) in [5, 5.41) is 0. The second kappa shape index (κ2) is 3.61. The first kappa shape index (κ1) is 10.6. The number of fused-ring (bicyclic) bond motifs is 2. The molecule has 0 aromatic carbocycles. The Bertz CT molecular complexity index is 299. The van der Waals surface area contributed by atoms with E-state index in [-0.39, 0.29) is 24.1 Å². The van der Waals surface area contributed by atoms with Gasteiger partial charge < -0.3 is 14.2 Å². The maximum absolute atomic E-state index is 11.6. The highest BCUT2D eigenvalue weighted by Gasteiger charge is 2.57. The highest BCUT2D eigenvalue weighted by molar-refractivity contribution is 5.75. The van der Waals surface area contributed by atoms with Gasteiger partial charge >= 0.3 is 5.97 Å². The van der Waals surface area contributed by atoms with Crippen molar-refractivity contribution in [3.63, 3.8) is 0 Å². The fraction of sp³-hybridized carbons (Fsp3) is 0.727. The van der Waals surface area contributed by atoms with E-state index in [9.17, 15) is 4.79 Å². The molecule has 2 rings (SSSR count). The zero-order valence-electron chi connectivity index (χ0n) is 9.23. The number of hydrogen-bond acceptors (Lipinski definition) is 4. The molecule has 15 heavy (non-hydrogen) atoms. The smallest absolute Gasteiger partial charge is 0.312 e. The monoisotopic (exact) mass is 212 g/mol. The van der Waals surface area contributed by atoms with Crippen molar-refractivity contribution in [2.24, 2.45) is 5.92 Å². The summed E-state index contributed by atoms with van der Waals surface area (Å²) in [6.45, 7) is 1.91. The van der Waals surface area contributed by atoms with Crippen LogP contribution in [0.15, 0.2) is 12.2 Å². The lowest BCUT2D eigenvalue weighted by molar-refractivity contribution is -0.156. The highest BCUT2D eigenvalue weighted by atomic mass is 16.6. The van der Waals surface area contributed by atoms with Gasteiger partial charge in [-0.05, 0) is 13.3 Å². The average molecular weight is 212 g/mol. The van der Waals surface area contributed by atoms with Gasteiger partial charge in [-0.25, -0.2) is 0 Å². The first-order valence-corrected chi connectivity index (χ1v) is 5.12. The number of hydrogen-bond donors (Lipinski definition) is 0. The number of esters is 1. The molecule has 4 unspecified atom stereocenters. The molecule has 0 spiro atoms. The largest absolute Gasteiger partial charge is 0.469 e. The first-order valence-electron chi connectivity index (χ1n) is 5.12. The Hall–Kier alpha value is -0.870. The normalized spacial score (nSPS) is 39.4. The van der Waals surface area contributed by atoms with Crippen LogP contribution in [-0.2, 0) is 19.0 Å². The van der Waals surface area contributed by atoms with Crippen LogP contribution in [0.5, 0.6) is 0 Å². The Morgan fingerprint density at radius 1 is 1.60 bits per heavy atom. The predicted molar refractivity (Wildman–Crippen MR) is 53.3 cm³/mol. The summed E-state index contributed by atoms with van der Waals surface area (Å²) in [6.07, 6.45) is 4.51. The quantitative estimate of drug-likeness (QED) is 0.515. The SMILES string of the molecule is COC(=O)C1CC2C=CC1(C(C)OC)O2. The van der Waals surface area contributed by atoms with Crippen LogP contribution in [0.2, 0.25) is 0 Å². The lowest BCUT2D eigenvalue weighted by Gasteiger charge is -2.33. The molecule has 0 saturated carbocycles. The van der Waals surface area contributed by atoms with E-state index in [2.05, 4.69) is 0 Å². The maximum Gasteiger partial charge on any atom is 0.312 e. The summed E-state index contributed by atoms with van der Waals surface area (Å²) >= 11 is 0. The van der Waals surface area contributed by atoms with Crippen LogP contribution in [0, 0.1) is 5.92 Å². The molecule has 4 heteroatoms. The Morgan fingerprint density at radius 2 is 2.33 bits per heavy atom. The summed E-state index contributed by atoms with van der Waals surface area (Å²) in [6, 6.07) is 0. The van der Waals surface area contributed by atoms with Gasteiger partial charge in [-0.2, -0.15) is 0 Å². The van der Waals surface area contributed by atoms with Crippen molar-refractivity contribution in [3.05, 3.63) is 12.2 Å². The molecule has 0 aromatic rings. The molecule has 2 aliphatic heterocycles. The van der Waals surface area contributed by atoms with Gasteiger partial charge in [0.1, 0.15) is 5.60 Å². The van der Waals surface area contributed by atoms with Crippen LogP contribution in [0.3, 0.4) is 0 Å². The molecular weight excluding hydrogens is 196 g/mol. The summed E-state index contributed by atoms with van der Waals surface area (Å²) < 4.78 is 15.9. The van der Waals surface area contributed by atoms with Crippen LogP contribution in [0.4, 0.5) is 0 Å². The van der Waals surface area contributed by atoms with Crippen molar-refractivity contribution >= 4 is 5.97 Å². The number of ether oxygens (including phenoxy) is 3. The Labute approximate surface area is 89.2 Å². The maximum atomic E-state index is 11.6. The van der Waals surface area contributed by atoms with E-state index in [1.807, 2.05) is 19.1 Å². The van der Waals surface area contributed by atoms with Crippen LogP contribution in [0.25, 0.3) is 0 Å². The second-order valence-electron chi connectivity index (χ2n) is 4.06. The Balaban J connectivity index is 2.27. The summed E-state index contributed by atoms with van der Waals surface area (Å²) in [5.41, 5.74) is -0.619. The lowest BCUT2D eigenvalue weighted by atomic mass is 9.79. The second-order valence-corrected chi connectivity index (χ2v) is 4.06. The molecule has 84 valence electrons. The van der Waals surface area contributed by atoms with E-state index in [1.165, 1.54) is 7.11 Å². The molecule has 0 aromatic heterocycles. The predicted octanol–water partition coefficient (Wildman–Crippen LogP) is 0.908. The van der Waals surface area contributed by atoms with E-state index in [1.54, 1.807) is 7.11 Å². The molecule has 4 nitrogen and oxygen atoms in total. The van der Waals surface area contributed by atoms with Gasteiger partial charge in [0.05, 0.1) is 25.2 Å². The van der Waals surface area contributed by atoms with Gasteiger partial charge in [-0.15, -0.1) is 0 Å². The van der Waals surface area contributed by atoms with Crippen LogP contribution < -0.4 is 0 Å². The van der Waals surface area contributed by atoms with Gasteiger partial charge in [-0.3, -0.25) is 4.79 Å². The fourth-order valence-corrected chi connectivity index (χ4v) is 2.46. The minimum atomic E-state index is -0.619. The van der Waals surface area contributed by atoms with Gasteiger partial charge in [0.2, 0.25) is 0 Å². The zero-order chi connectivity index (χ0) is 11.1. The van der Waals surface area contributed by atoms with Crippen molar-refractivity contribution in [2.45, 2.75) is 31.2 Å². The van der Waals surface area contributed by atoms with Gasteiger partial charge in [0.25, 0.3) is 0 Å². The number of carbonyl (C=O) groups excluding carboxylic acids is 1. The summed E-state index contributed by atoms with van der Waals surface area (Å²) in [5.74, 6) is -0.460. The zero-order valence-corrected chi connectivity index (χ0v) is 9.23. The van der Waals surface area contributed by atoms with Gasteiger partial charge in [-0.1, -0.05) is 12.2 Å². The Kier molecular flexibility index (Phi) is 2.56. The number of methoxy groups -OCH3 is 2. The third-order valence-corrected chi connectivity index (χ3v) is 3.41. The number of carbonyl (C=O) groups is 1. The topological polar surface area (TPSA) is 44.8 Å². The molecule has 4 atom stereocenters. The average Bonchev–Trinajstić information content (AvgIpc) is 2.85. The lowest BCUT2D eigenvalue weighted by Crippen LogP contribution is -2.47. The van der Waals surface area contributed by atoms with E-state index in [4.69, 9.17) is 14.2 Å². The third kappa shape index (κ3) is 1.40. The van der Waals surface area contributed by atoms with Crippen LogP contribution in [-0.4, -0.2) is 38.0 Å². The van der Waals surface area contributed by atoms with Crippen molar-refractivity contribution < 1.29 is 19.0 Å². The van der Waals surface area contributed by atoms with E-state index in [0.717, 1.165) is 0 Å². The third-order valence-electron chi connectivity index (χ3n) is 3.41. The first-order chi connectivity index (χ1) is 7.14. The standard InChI is InChI=1S/C11H16O4/c1-7(13-2)11-5-4-8(15-11)6-9(11)10(12)14-3/h4-5,7-9H,6H2,1-3H3. The van der Waals surface area contributed by atoms with Gasteiger partial charge in [0, 0.05) is 7.11 Å². The molecule has 2 heterocycles. The Morgan fingerprint density at radius 3 is 2.87 bits per heavy atom. The van der Waals surface area contributed by atoms with Crippen molar-refractivity contribution in [1.82, 2.24) is 0 Å². The van der Waals surface area contributed by atoms with Crippen LogP contribution in [0.1, 0.15) is 13.3 Å². The summed E-state index contributed by atoms with van der Waals surface area (Å²) in [4.78, 5) is 11.6. The van der Waals surface area contributed by atoms with Gasteiger partial charge in [0.15, 0.2) is 0 Å². The fourth-order valence-electron chi connectivity index (χ4n) is 2.46. The highest BCUT2D eigenvalue weighted by Crippen LogP contribution is 2.46. The molecule has 0 aliphatic carbocycles. The van der Waals surface area contributed by atoms with Crippen LogP contribution >= 0.6 is 0 Å². The molecule has 2 aliphatic rings. The molecular formula is C11H16O4. The minimum absolute atomic E-state index is 0.0340. The molecule has 2 bridgehead atoms. The molecule has 1 saturated heterocycles. The molecule has 0 radical (unpaired) electrons.